The summed E-state index contributed by atoms with van der Waals surface area (Å²) < 4.78 is 5.89. The largest absolute Gasteiger partial charge is 0.444 e. The number of hydrogen-bond donors (Lipinski definition) is 1. The average Bonchev–Trinajstić information content (AvgIpc) is 3.04. The van der Waals surface area contributed by atoms with Gasteiger partial charge in [-0.1, -0.05) is 26.8 Å². The molecule has 0 aromatic carbocycles. The number of aryl methyl sites for hydroxylation is 1. The molecule has 0 aliphatic carbocycles. The topological polar surface area (TPSA) is 71.3 Å². The van der Waals surface area contributed by atoms with Crippen LogP contribution < -0.4 is 5.32 Å². The van der Waals surface area contributed by atoms with Gasteiger partial charge in [-0.15, -0.1) is 0 Å². The van der Waals surface area contributed by atoms with E-state index >= 15 is 0 Å². The van der Waals surface area contributed by atoms with Gasteiger partial charge in [0.25, 0.3) is 0 Å². The number of oxazole rings is 1. The fraction of sp³-hybridized carbons (Fsp3) is 0.550. The van der Waals surface area contributed by atoms with Crippen LogP contribution in [0.15, 0.2) is 28.8 Å². The number of rotatable bonds is 4. The Balaban J connectivity index is 1.58. The Morgan fingerprint density at radius 2 is 2.19 bits per heavy atom. The molecule has 6 nitrogen and oxygen atoms in total. The number of nitrogens with zero attached hydrogens (tertiary/aromatic N) is 3. The maximum Gasteiger partial charge on any atom is 0.229 e. The average molecular weight is 356 g/mol. The Bertz CT molecular complexity index is 763. The number of amides is 1. The van der Waals surface area contributed by atoms with Crippen LogP contribution in [0.2, 0.25) is 0 Å². The van der Waals surface area contributed by atoms with Crippen LogP contribution in [-0.4, -0.2) is 33.9 Å². The monoisotopic (exact) mass is 356 g/mol. The van der Waals surface area contributed by atoms with Gasteiger partial charge in [-0.05, 0) is 38.4 Å². The first kappa shape index (κ1) is 18.6. The van der Waals surface area contributed by atoms with Crippen molar-refractivity contribution in [3.63, 3.8) is 0 Å². The first-order valence-corrected chi connectivity index (χ1v) is 9.23. The first-order valence-electron chi connectivity index (χ1n) is 9.23. The Hall–Kier alpha value is -2.21. The molecule has 1 fully saturated rings. The summed E-state index contributed by atoms with van der Waals surface area (Å²) in [6, 6.07) is 5.65. The van der Waals surface area contributed by atoms with Gasteiger partial charge in [0, 0.05) is 17.7 Å². The third-order valence-corrected chi connectivity index (χ3v) is 4.67. The molecule has 26 heavy (non-hydrogen) atoms. The third kappa shape index (κ3) is 4.69. The second-order valence-corrected chi connectivity index (χ2v) is 8.10. The molecule has 1 amide bonds. The van der Waals surface area contributed by atoms with Crippen molar-refractivity contribution in [2.24, 2.45) is 5.92 Å². The van der Waals surface area contributed by atoms with E-state index in [1.54, 1.807) is 0 Å². The number of likely N-dealkylation sites (tertiary alicyclic amines) is 1. The van der Waals surface area contributed by atoms with E-state index < -0.39 is 0 Å². The fourth-order valence-corrected chi connectivity index (χ4v) is 3.18. The zero-order valence-corrected chi connectivity index (χ0v) is 16.1. The van der Waals surface area contributed by atoms with E-state index in [1.807, 2.05) is 31.3 Å². The predicted molar refractivity (Wildman–Crippen MR) is 101 cm³/mol. The second-order valence-electron chi connectivity index (χ2n) is 8.10. The molecule has 140 valence electrons. The molecule has 0 spiro atoms. The molecule has 1 aliphatic heterocycles. The summed E-state index contributed by atoms with van der Waals surface area (Å²) in [4.78, 5) is 23.6. The lowest BCUT2D eigenvalue weighted by molar-refractivity contribution is -0.121. The highest BCUT2D eigenvalue weighted by Gasteiger charge is 2.27. The van der Waals surface area contributed by atoms with Gasteiger partial charge in [0.15, 0.2) is 0 Å². The maximum atomic E-state index is 12.6. The summed E-state index contributed by atoms with van der Waals surface area (Å²) >= 11 is 0. The van der Waals surface area contributed by atoms with Crippen molar-refractivity contribution in [2.45, 2.75) is 52.5 Å². The summed E-state index contributed by atoms with van der Waals surface area (Å²) in [6.45, 7) is 10.6. The van der Waals surface area contributed by atoms with Crippen molar-refractivity contribution in [1.82, 2.24) is 14.9 Å². The lowest BCUT2D eigenvalue weighted by Crippen LogP contribution is -2.40. The number of nitrogens with one attached hydrogen (secondary N) is 1. The van der Waals surface area contributed by atoms with Gasteiger partial charge in [0.1, 0.15) is 11.6 Å². The van der Waals surface area contributed by atoms with Crippen molar-refractivity contribution < 1.29 is 9.21 Å². The zero-order valence-electron chi connectivity index (χ0n) is 16.1. The summed E-state index contributed by atoms with van der Waals surface area (Å²) in [5, 5.41) is 2.95. The molecule has 2 aromatic heterocycles. The van der Waals surface area contributed by atoms with Crippen LogP contribution in [0.25, 0.3) is 0 Å². The lowest BCUT2D eigenvalue weighted by atomic mass is 9.94. The summed E-state index contributed by atoms with van der Waals surface area (Å²) in [5.74, 6) is 2.23. The van der Waals surface area contributed by atoms with Crippen LogP contribution in [0.3, 0.4) is 0 Å². The highest BCUT2D eigenvalue weighted by molar-refractivity contribution is 5.91. The Labute approximate surface area is 155 Å². The zero-order chi connectivity index (χ0) is 18.7. The molecule has 1 saturated heterocycles. The highest BCUT2D eigenvalue weighted by Crippen LogP contribution is 2.24. The van der Waals surface area contributed by atoms with Crippen molar-refractivity contribution in [3.8, 4) is 0 Å². The summed E-state index contributed by atoms with van der Waals surface area (Å²) in [6.07, 6.45) is 3.70. The first-order chi connectivity index (χ1) is 12.3. The molecule has 1 N–H and O–H groups in total. The molecule has 1 aliphatic rings. The number of carbonyl (C=O) groups is 1. The predicted octanol–water partition coefficient (Wildman–Crippen LogP) is 3.53. The van der Waals surface area contributed by atoms with Gasteiger partial charge in [-0.3, -0.25) is 9.69 Å². The van der Waals surface area contributed by atoms with Crippen molar-refractivity contribution in [2.75, 3.05) is 18.4 Å². The standard InChI is InChI=1S/C20H28N4O2/c1-14-7-5-9-17(22-14)23-19(25)15-8-6-10-24(12-15)13-18-21-11-16(26-18)20(2,3)4/h5,7,9,11,15H,6,8,10,12-13H2,1-4H3,(H,22,23,25)/t15-/m1/s1. The van der Waals surface area contributed by atoms with Crippen LogP contribution in [0.4, 0.5) is 5.82 Å². The number of anilines is 1. The molecular formula is C20H28N4O2. The van der Waals surface area contributed by atoms with Crippen LogP contribution in [0, 0.1) is 12.8 Å². The van der Waals surface area contributed by atoms with Crippen LogP contribution in [-0.2, 0) is 16.8 Å². The molecule has 3 rings (SSSR count). The second kappa shape index (κ2) is 7.58. The minimum absolute atomic E-state index is 0.0376. The SMILES string of the molecule is Cc1cccc(NC(=O)[C@@H]2CCCN(Cc3ncc(C(C)(C)C)o3)C2)n1. The Morgan fingerprint density at radius 3 is 2.88 bits per heavy atom. The molecular weight excluding hydrogens is 328 g/mol. The van der Waals surface area contributed by atoms with Gasteiger partial charge < -0.3 is 9.73 Å². The molecule has 3 heterocycles. The number of aromatic nitrogens is 2. The molecule has 6 heteroatoms. The molecule has 2 aromatic rings. The van der Waals surface area contributed by atoms with E-state index in [1.165, 1.54) is 0 Å². The van der Waals surface area contributed by atoms with E-state index in [4.69, 9.17) is 4.42 Å². The number of piperidine rings is 1. The van der Waals surface area contributed by atoms with Crippen molar-refractivity contribution >= 4 is 11.7 Å². The van der Waals surface area contributed by atoms with Crippen LogP contribution >= 0.6 is 0 Å². The molecule has 1 atom stereocenters. The summed E-state index contributed by atoms with van der Waals surface area (Å²) in [7, 11) is 0. The Kier molecular flexibility index (Phi) is 5.41. The molecule has 0 radical (unpaired) electrons. The van der Waals surface area contributed by atoms with Crippen molar-refractivity contribution in [1.29, 1.82) is 0 Å². The maximum absolute atomic E-state index is 12.6. The minimum Gasteiger partial charge on any atom is -0.444 e. The smallest absolute Gasteiger partial charge is 0.229 e. The van der Waals surface area contributed by atoms with E-state index in [0.717, 1.165) is 36.7 Å². The van der Waals surface area contributed by atoms with E-state index in [-0.39, 0.29) is 17.2 Å². The lowest BCUT2D eigenvalue weighted by Gasteiger charge is -2.31. The minimum atomic E-state index is -0.0453. The van der Waals surface area contributed by atoms with E-state index in [0.29, 0.717) is 18.9 Å². The van der Waals surface area contributed by atoms with E-state index in [2.05, 4.69) is 41.0 Å². The fourth-order valence-electron chi connectivity index (χ4n) is 3.18. The molecule has 0 saturated carbocycles. The normalized spacial score (nSPS) is 18.7. The van der Waals surface area contributed by atoms with Gasteiger partial charge in [-0.25, -0.2) is 9.97 Å². The number of pyridine rings is 1. The van der Waals surface area contributed by atoms with E-state index in [9.17, 15) is 4.79 Å². The van der Waals surface area contributed by atoms with Gasteiger partial charge in [0.05, 0.1) is 18.7 Å². The third-order valence-electron chi connectivity index (χ3n) is 4.67. The number of carbonyl (C=O) groups excluding carboxylic acids is 1. The quantitative estimate of drug-likeness (QED) is 0.907. The van der Waals surface area contributed by atoms with Gasteiger partial charge in [0.2, 0.25) is 11.8 Å². The summed E-state index contributed by atoms with van der Waals surface area (Å²) in [5.41, 5.74) is 0.850. The van der Waals surface area contributed by atoms with Crippen LogP contribution in [0.1, 0.15) is 51.0 Å². The Morgan fingerprint density at radius 1 is 1.38 bits per heavy atom. The van der Waals surface area contributed by atoms with Gasteiger partial charge >= 0.3 is 0 Å². The molecule has 0 unspecified atom stereocenters. The van der Waals surface area contributed by atoms with Gasteiger partial charge in [-0.2, -0.15) is 0 Å². The van der Waals surface area contributed by atoms with Crippen molar-refractivity contribution in [3.05, 3.63) is 41.7 Å². The van der Waals surface area contributed by atoms with Crippen LogP contribution in [0.5, 0.6) is 0 Å². The molecule has 0 bridgehead atoms. The highest BCUT2D eigenvalue weighted by atomic mass is 16.4. The number of hydrogen-bond acceptors (Lipinski definition) is 5.